The first-order chi connectivity index (χ1) is 9.88. The molecule has 4 nitrogen and oxygen atoms in total. The number of benzene rings is 1. The third-order valence-electron chi connectivity index (χ3n) is 3.53. The van der Waals surface area contributed by atoms with E-state index >= 15 is 0 Å². The molecule has 0 spiro atoms. The zero-order valence-corrected chi connectivity index (χ0v) is 11.5. The average molecular weight is 318 g/mol. The Bertz CT molecular complexity index is 751. The van der Waals surface area contributed by atoms with Crippen LogP contribution >= 0.6 is 11.6 Å². The number of alkyl halides is 3. The predicted octanol–water partition coefficient (Wildman–Crippen LogP) is 2.95. The summed E-state index contributed by atoms with van der Waals surface area (Å²) in [5.74, 6) is 0. The van der Waals surface area contributed by atoms with Gasteiger partial charge in [-0.1, -0.05) is 0 Å². The van der Waals surface area contributed by atoms with E-state index in [9.17, 15) is 18.0 Å². The van der Waals surface area contributed by atoms with Gasteiger partial charge in [0.05, 0.1) is 22.6 Å². The van der Waals surface area contributed by atoms with Crippen LogP contribution in [-0.4, -0.2) is 16.1 Å². The maximum absolute atomic E-state index is 12.7. The Morgan fingerprint density at radius 3 is 2.76 bits per heavy atom. The molecule has 21 heavy (non-hydrogen) atoms. The fourth-order valence-electron chi connectivity index (χ4n) is 2.50. The molecule has 1 aliphatic rings. The van der Waals surface area contributed by atoms with Gasteiger partial charge in [0, 0.05) is 0 Å². The smallest absolute Gasteiger partial charge is 0.297 e. The summed E-state index contributed by atoms with van der Waals surface area (Å²) >= 11 is 5.99. The van der Waals surface area contributed by atoms with E-state index in [-0.39, 0.29) is 22.4 Å². The second-order valence-electron chi connectivity index (χ2n) is 4.90. The zero-order chi connectivity index (χ0) is 15.2. The van der Waals surface area contributed by atoms with Crippen LogP contribution in [0, 0.1) is 0 Å². The van der Waals surface area contributed by atoms with Crippen molar-refractivity contribution in [1.29, 1.82) is 0 Å². The zero-order valence-electron chi connectivity index (χ0n) is 10.7. The minimum absolute atomic E-state index is 0.0472. The van der Waals surface area contributed by atoms with Gasteiger partial charge in [0.1, 0.15) is 0 Å². The predicted molar refractivity (Wildman–Crippen MR) is 72.3 cm³/mol. The molecule has 1 aliphatic heterocycles. The lowest BCUT2D eigenvalue weighted by Gasteiger charge is -2.16. The molecule has 1 unspecified atom stereocenters. The van der Waals surface area contributed by atoms with Crippen molar-refractivity contribution in [2.45, 2.75) is 25.2 Å². The molecule has 1 N–H and O–H groups in total. The second kappa shape index (κ2) is 4.99. The van der Waals surface area contributed by atoms with Crippen LogP contribution < -0.4 is 10.9 Å². The largest absolute Gasteiger partial charge is 0.416 e. The highest BCUT2D eigenvalue weighted by Crippen LogP contribution is 2.31. The summed E-state index contributed by atoms with van der Waals surface area (Å²) in [5, 5.41) is 3.13. The van der Waals surface area contributed by atoms with E-state index in [0.29, 0.717) is 0 Å². The number of nitrogens with one attached hydrogen (secondary N) is 1. The van der Waals surface area contributed by atoms with Gasteiger partial charge < -0.3 is 0 Å². The highest BCUT2D eigenvalue weighted by atomic mass is 35.5. The van der Waals surface area contributed by atoms with E-state index in [0.717, 1.165) is 37.6 Å². The number of halogens is 4. The molecular weight excluding hydrogens is 307 g/mol. The van der Waals surface area contributed by atoms with Gasteiger partial charge >= 0.3 is 6.18 Å². The SMILES string of the molecule is O=c1c2ccc(C(F)(F)F)cc2nc(Cl)n1C1CCCN1. The van der Waals surface area contributed by atoms with Crippen LogP contribution in [0.4, 0.5) is 13.2 Å². The van der Waals surface area contributed by atoms with Gasteiger partial charge in [-0.2, -0.15) is 13.2 Å². The van der Waals surface area contributed by atoms with Crippen molar-refractivity contribution in [3.8, 4) is 0 Å². The Balaban J connectivity index is 2.20. The summed E-state index contributed by atoms with van der Waals surface area (Å²) < 4.78 is 39.4. The molecular formula is C13H11ClF3N3O. The first kappa shape index (κ1) is 14.3. The lowest BCUT2D eigenvalue weighted by atomic mass is 10.1. The van der Waals surface area contributed by atoms with Crippen molar-refractivity contribution >= 4 is 22.5 Å². The van der Waals surface area contributed by atoms with Crippen LogP contribution in [0.3, 0.4) is 0 Å². The van der Waals surface area contributed by atoms with Gasteiger partial charge in [0.2, 0.25) is 5.28 Å². The number of rotatable bonds is 1. The van der Waals surface area contributed by atoms with Crippen LogP contribution in [0.5, 0.6) is 0 Å². The minimum atomic E-state index is -4.48. The monoisotopic (exact) mass is 317 g/mol. The quantitative estimate of drug-likeness (QED) is 0.823. The molecule has 0 bridgehead atoms. The molecule has 2 heterocycles. The van der Waals surface area contributed by atoms with Crippen molar-refractivity contribution in [3.05, 3.63) is 39.4 Å². The van der Waals surface area contributed by atoms with Crippen molar-refractivity contribution < 1.29 is 13.2 Å². The number of hydrogen-bond acceptors (Lipinski definition) is 3. The average Bonchev–Trinajstić information content (AvgIpc) is 2.90. The molecule has 1 aromatic heterocycles. The van der Waals surface area contributed by atoms with E-state index in [1.165, 1.54) is 4.57 Å². The molecule has 0 saturated carbocycles. The minimum Gasteiger partial charge on any atom is -0.297 e. The van der Waals surface area contributed by atoms with Crippen molar-refractivity contribution in [2.24, 2.45) is 0 Å². The van der Waals surface area contributed by atoms with Gasteiger partial charge in [-0.25, -0.2) is 4.98 Å². The highest BCUT2D eigenvalue weighted by Gasteiger charge is 2.31. The van der Waals surface area contributed by atoms with Crippen LogP contribution in [0.2, 0.25) is 5.28 Å². The number of aromatic nitrogens is 2. The highest BCUT2D eigenvalue weighted by molar-refractivity contribution is 6.28. The van der Waals surface area contributed by atoms with Crippen LogP contribution in [-0.2, 0) is 6.18 Å². The van der Waals surface area contributed by atoms with E-state index in [2.05, 4.69) is 10.3 Å². The Hall–Kier alpha value is -1.60. The third kappa shape index (κ3) is 2.51. The van der Waals surface area contributed by atoms with E-state index in [1.54, 1.807) is 0 Å². The molecule has 0 radical (unpaired) electrons. The van der Waals surface area contributed by atoms with Gasteiger partial charge in [-0.15, -0.1) is 0 Å². The lowest BCUT2D eigenvalue weighted by molar-refractivity contribution is -0.137. The molecule has 1 aromatic carbocycles. The number of nitrogens with zero attached hydrogens (tertiary/aromatic N) is 2. The molecule has 1 saturated heterocycles. The van der Waals surface area contributed by atoms with Crippen LogP contribution in [0.1, 0.15) is 24.6 Å². The Morgan fingerprint density at radius 2 is 2.14 bits per heavy atom. The van der Waals surface area contributed by atoms with E-state index in [1.807, 2.05) is 0 Å². The molecule has 3 rings (SSSR count). The van der Waals surface area contributed by atoms with E-state index < -0.39 is 17.3 Å². The van der Waals surface area contributed by atoms with Crippen molar-refractivity contribution in [1.82, 2.24) is 14.9 Å². The Labute approximate surface area is 122 Å². The molecule has 1 atom stereocenters. The summed E-state index contributed by atoms with van der Waals surface area (Å²) in [7, 11) is 0. The molecule has 8 heteroatoms. The molecule has 0 aliphatic carbocycles. The maximum atomic E-state index is 12.7. The standard InChI is InChI=1S/C13H11ClF3N3O/c14-12-19-9-6-7(13(15,16)17)3-4-8(9)11(21)20(12)10-2-1-5-18-10/h3-4,6,10,18H,1-2,5H2. The molecule has 2 aromatic rings. The van der Waals surface area contributed by atoms with Crippen LogP contribution in [0.15, 0.2) is 23.0 Å². The summed E-state index contributed by atoms with van der Waals surface area (Å²) in [6, 6.07) is 2.87. The fourth-order valence-corrected chi connectivity index (χ4v) is 2.79. The van der Waals surface area contributed by atoms with Gasteiger partial charge in [-0.05, 0) is 49.2 Å². The Morgan fingerprint density at radius 1 is 1.38 bits per heavy atom. The van der Waals surface area contributed by atoms with E-state index in [4.69, 9.17) is 11.6 Å². The van der Waals surface area contributed by atoms with Crippen LogP contribution in [0.25, 0.3) is 10.9 Å². The topological polar surface area (TPSA) is 46.9 Å². The summed E-state index contributed by atoms with van der Waals surface area (Å²) in [6.45, 7) is 0.762. The molecule has 0 amide bonds. The molecule has 1 fully saturated rings. The lowest BCUT2D eigenvalue weighted by Crippen LogP contribution is -2.31. The normalized spacial score (nSPS) is 19.3. The van der Waals surface area contributed by atoms with Gasteiger partial charge in [0.25, 0.3) is 5.56 Å². The Kier molecular flexibility index (Phi) is 3.41. The summed E-state index contributed by atoms with van der Waals surface area (Å²) in [5.41, 5.74) is -1.33. The number of fused-ring (bicyclic) bond motifs is 1. The number of hydrogen-bond donors (Lipinski definition) is 1. The molecule has 112 valence electrons. The third-order valence-corrected chi connectivity index (χ3v) is 3.80. The first-order valence-corrected chi connectivity index (χ1v) is 6.78. The maximum Gasteiger partial charge on any atom is 0.416 e. The van der Waals surface area contributed by atoms with Crippen molar-refractivity contribution in [3.63, 3.8) is 0 Å². The van der Waals surface area contributed by atoms with Crippen molar-refractivity contribution in [2.75, 3.05) is 6.54 Å². The first-order valence-electron chi connectivity index (χ1n) is 6.40. The van der Waals surface area contributed by atoms with Gasteiger partial charge in [-0.3, -0.25) is 14.7 Å². The summed E-state index contributed by atoms with van der Waals surface area (Å²) in [6.07, 6.45) is -3.11. The van der Waals surface area contributed by atoms with Gasteiger partial charge in [0.15, 0.2) is 0 Å². The summed E-state index contributed by atoms with van der Waals surface area (Å²) in [4.78, 5) is 16.4. The second-order valence-corrected chi connectivity index (χ2v) is 5.24. The fraction of sp³-hybridized carbons (Fsp3) is 0.385.